The van der Waals surface area contributed by atoms with Gasteiger partial charge < -0.3 is 0 Å². The van der Waals surface area contributed by atoms with E-state index in [0.717, 1.165) is 5.69 Å². The van der Waals surface area contributed by atoms with Crippen LogP contribution in [0, 0.1) is 6.92 Å². The Kier molecular flexibility index (Phi) is 3.71. The Morgan fingerprint density at radius 2 is 1.89 bits per heavy atom. The quantitative estimate of drug-likeness (QED) is 0.638. The van der Waals surface area contributed by atoms with Gasteiger partial charge in [-0.25, -0.2) is 4.68 Å². The molecule has 2 aromatic rings. The fourth-order valence-electron chi connectivity index (χ4n) is 1.99. The van der Waals surface area contributed by atoms with E-state index >= 15 is 0 Å². The van der Waals surface area contributed by atoms with Crippen molar-refractivity contribution < 1.29 is 4.79 Å². The predicted octanol–water partition coefficient (Wildman–Crippen LogP) is 2.26. The van der Waals surface area contributed by atoms with Crippen molar-refractivity contribution in [2.45, 2.75) is 6.92 Å². The van der Waals surface area contributed by atoms with Crippen LogP contribution < -0.4 is 5.56 Å². The number of carbonyl (C=O) groups excluding carboxylic acids is 1. The van der Waals surface area contributed by atoms with Crippen LogP contribution in [0.15, 0.2) is 41.2 Å². The zero-order valence-electron chi connectivity index (χ0n) is 10.6. The molecular weight excluding hydrogens is 264 g/mol. The third-order valence-electron chi connectivity index (χ3n) is 3.01. The fraction of sp³-hybridized carbons (Fsp3) is 0.143. The number of nitrogens with zero attached hydrogens (tertiary/aromatic N) is 2. The Morgan fingerprint density at radius 3 is 2.47 bits per heavy atom. The van der Waals surface area contributed by atoms with Crippen molar-refractivity contribution in [2.75, 3.05) is 0 Å². The van der Waals surface area contributed by atoms with Crippen molar-refractivity contribution in [2.24, 2.45) is 7.05 Å². The van der Waals surface area contributed by atoms with Gasteiger partial charge in [0.15, 0.2) is 0 Å². The summed E-state index contributed by atoms with van der Waals surface area (Å²) in [5.74, 6) is 0. The third kappa shape index (κ3) is 2.27. The number of hydrogen-bond donors (Lipinski definition) is 0. The summed E-state index contributed by atoms with van der Waals surface area (Å²) in [6.45, 7) is 1.79. The van der Waals surface area contributed by atoms with E-state index in [1.807, 2.05) is 30.3 Å². The van der Waals surface area contributed by atoms with Gasteiger partial charge in [0.25, 0.3) is 5.56 Å². The van der Waals surface area contributed by atoms with Gasteiger partial charge in [0.05, 0.1) is 16.3 Å². The molecule has 0 amide bonds. The maximum absolute atomic E-state index is 12.4. The molecular formula is C14H13ClN2O2. The minimum atomic E-state index is -0.241. The molecule has 0 unspecified atom stereocenters. The molecule has 0 saturated heterocycles. The average molecular weight is 277 g/mol. The topological polar surface area (TPSA) is 44.0 Å². The number of allylic oxidation sites excluding steroid dienone is 1. The van der Waals surface area contributed by atoms with Crippen molar-refractivity contribution in [1.82, 2.24) is 9.36 Å². The minimum absolute atomic E-state index is 0.155. The molecule has 0 saturated carbocycles. The summed E-state index contributed by atoms with van der Waals surface area (Å²) in [7, 11) is 1.78. The highest BCUT2D eigenvalue weighted by Gasteiger charge is 2.17. The standard InChI is InChI=1S/C14H13ClN2O2/c1-10-13(12(15)8-9-18)14(19)17(16(10)2)11-6-4-3-5-7-11/h3-9H,1-2H3/b12-8+. The first-order chi connectivity index (χ1) is 9.07. The highest BCUT2D eigenvalue weighted by atomic mass is 35.5. The SMILES string of the molecule is Cc1c(/C(Cl)=C\C=O)c(=O)n(-c2ccccc2)n1C. The lowest BCUT2D eigenvalue weighted by Gasteiger charge is -2.07. The zero-order chi connectivity index (χ0) is 14.0. The van der Waals surface area contributed by atoms with Gasteiger partial charge in [0.1, 0.15) is 6.29 Å². The summed E-state index contributed by atoms with van der Waals surface area (Å²) in [5, 5.41) is 0.155. The smallest absolute Gasteiger partial charge is 0.280 e. The van der Waals surface area contributed by atoms with Gasteiger partial charge in [-0.05, 0) is 25.1 Å². The van der Waals surface area contributed by atoms with Crippen molar-refractivity contribution in [3.63, 3.8) is 0 Å². The van der Waals surface area contributed by atoms with E-state index in [2.05, 4.69) is 0 Å². The van der Waals surface area contributed by atoms with Gasteiger partial charge >= 0.3 is 0 Å². The number of hydrogen-bond acceptors (Lipinski definition) is 2. The van der Waals surface area contributed by atoms with Crippen molar-refractivity contribution in [3.05, 3.63) is 58.0 Å². The molecule has 1 aromatic carbocycles. The number of aromatic nitrogens is 2. The van der Waals surface area contributed by atoms with Crippen molar-refractivity contribution >= 4 is 22.9 Å². The van der Waals surface area contributed by atoms with Crippen LogP contribution in [0.1, 0.15) is 11.3 Å². The molecule has 0 bridgehead atoms. The number of benzene rings is 1. The second-order valence-corrected chi connectivity index (χ2v) is 4.49. The molecule has 4 nitrogen and oxygen atoms in total. The lowest BCUT2D eigenvalue weighted by atomic mass is 10.2. The van der Waals surface area contributed by atoms with Crippen LogP contribution in [-0.4, -0.2) is 15.6 Å². The molecule has 0 aliphatic rings. The monoisotopic (exact) mass is 276 g/mol. The van der Waals surface area contributed by atoms with E-state index in [0.29, 0.717) is 17.5 Å². The van der Waals surface area contributed by atoms with Gasteiger partial charge in [-0.1, -0.05) is 29.8 Å². The summed E-state index contributed by atoms with van der Waals surface area (Å²) >= 11 is 5.99. The van der Waals surface area contributed by atoms with E-state index in [1.54, 1.807) is 18.7 Å². The van der Waals surface area contributed by atoms with Crippen LogP contribution in [0.4, 0.5) is 0 Å². The molecule has 19 heavy (non-hydrogen) atoms. The Labute approximate surface area is 115 Å². The van der Waals surface area contributed by atoms with Crippen LogP contribution in [0.2, 0.25) is 0 Å². The first kappa shape index (κ1) is 13.4. The lowest BCUT2D eigenvalue weighted by Crippen LogP contribution is -2.20. The molecule has 2 rings (SSSR count). The second kappa shape index (κ2) is 5.28. The average Bonchev–Trinajstić information content (AvgIpc) is 2.62. The second-order valence-electron chi connectivity index (χ2n) is 4.09. The number of halogens is 1. The highest BCUT2D eigenvalue weighted by Crippen LogP contribution is 2.20. The molecule has 0 radical (unpaired) electrons. The van der Waals surface area contributed by atoms with Gasteiger partial charge in [-0.3, -0.25) is 14.3 Å². The normalized spacial score (nSPS) is 11.6. The van der Waals surface area contributed by atoms with Gasteiger partial charge in [-0.2, -0.15) is 0 Å². The van der Waals surface area contributed by atoms with E-state index in [-0.39, 0.29) is 10.6 Å². The van der Waals surface area contributed by atoms with E-state index in [4.69, 9.17) is 11.6 Å². The summed E-state index contributed by atoms with van der Waals surface area (Å²) in [5.41, 5.74) is 1.56. The van der Waals surface area contributed by atoms with Crippen molar-refractivity contribution in [1.29, 1.82) is 0 Å². The molecule has 0 fully saturated rings. The molecule has 0 atom stereocenters. The molecule has 5 heteroatoms. The van der Waals surface area contributed by atoms with Crippen LogP contribution in [0.25, 0.3) is 10.7 Å². The summed E-state index contributed by atoms with van der Waals surface area (Å²) in [4.78, 5) is 22.9. The van der Waals surface area contributed by atoms with E-state index < -0.39 is 0 Å². The lowest BCUT2D eigenvalue weighted by molar-refractivity contribution is -0.104. The first-order valence-electron chi connectivity index (χ1n) is 5.73. The fourth-order valence-corrected chi connectivity index (χ4v) is 2.26. The molecule has 0 aliphatic heterocycles. The molecule has 98 valence electrons. The molecule has 0 spiro atoms. The van der Waals surface area contributed by atoms with Gasteiger partial charge in [-0.15, -0.1) is 0 Å². The number of rotatable bonds is 3. The molecule has 1 heterocycles. The highest BCUT2D eigenvalue weighted by molar-refractivity contribution is 6.49. The summed E-state index contributed by atoms with van der Waals surface area (Å²) < 4.78 is 3.24. The summed E-state index contributed by atoms with van der Waals surface area (Å²) in [6, 6.07) is 9.26. The largest absolute Gasteiger partial charge is 0.299 e. The number of aldehydes is 1. The number of para-hydroxylation sites is 1. The summed E-state index contributed by atoms with van der Waals surface area (Å²) in [6.07, 6.45) is 1.75. The van der Waals surface area contributed by atoms with Gasteiger partial charge in [0, 0.05) is 12.7 Å². The van der Waals surface area contributed by atoms with Crippen LogP contribution in [-0.2, 0) is 11.8 Å². The minimum Gasteiger partial charge on any atom is -0.299 e. The predicted molar refractivity (Wildman–Crippen MR) is 75.6 cm³/mol. The van der Waals surface area contributed by atoms with E-state index in [1.165, 1.54) is 10.8 Å². The molecule has 1 aromatic heterocycles. The third-order valence-corrected chi connectivity index (χ3v) is 3.32. The van der Waals surface area contributed by atoms with Crippen LogP contribution in [0.5, 0.6) is 0 Å². The zero-order valence-corrected chi connectivity index (χ0v) is 11.4. The Bertz CT molecular complexity index is 696. The number of carbonyl (C=O) groups is 1. The van der Waals surface area contributed by atoms with Gasteiger partial charge in [0.2, 0.25) is 0 Å². The Balaban J connectivity index is 2.73. The maximum atomic E-state index is 12.4. The van der Waals surface area contributed by atoms with Crippen LogP contribution >= 0.6 is 11.6 Å². The van der Waals surface area contributed by atoms with E-state index in [9.17, 15) is 9.59 Å². The Morgan fingerprint density at radius 1 is 1.26 bits per heavy atom. The van der Waals surface area contributed by atoms with Crippen LogP contribution in [0.3, 0.4) is 0 Å². The first-order valence-corrected chi connectivity index (χ1v) is 6.11. The molecule has 0 N–H and O–H groups in total. The Hall–Kier alpha value is -2.07. The molecule has 0 aliphatic carbocycles. The van der Waals surface area contributed by atoms with Crippen molar-refractivity contribution in [3.8, 4) is 5.69 Å². The maximum Gasteiger partial charge on any atom is 0.280 e.